The molecule has 0 bridgehead atoms. The summed E-state index contributed by atoms with van der Waals surface area (Å²) in [5.41, 5.74) is 3.68. The predicted molar refractivity (Wildman–Crippen MR) is 92.6 cm³/mol. The van der Waals surface area contributed by atoms with Gasteiger partial charge < -0.3 is 5.32 Å². The molecule has 2 nitrogen and oxygen atoms in total. The van der Waals surface area contributed by atoms with E-state index in [9.17, 15) is 0 Å². The van der Waals surface area contributed by atoms with Crippen molar-refractivity contribution >= 4 is 10.9 Å². The first-order valence-corrected chi connectivity index (χ1v) is 7.86. The Hall–Kier alpha value is -2.19. The van der Waals surface area contributed by atoms with Gasteiger partial charge in [0.15, 0.2) is 0 Å². The van der Waals surface area contributed by atoms with Crippen molar-refractivity contribution in [3.05, 3.63) is 78.0 Å². The van der Waals surface area contributed by atoms with E-state index in [1.54, 1.807) is 0 Å². The molecule has 0 aliphatic rings. The van der Waals surface area contributed by atoms with Crippen molar-refractivity contribution in [3.8, 4) is 0 Å². The average molecular weight is 290 g/mol. The Labute approximate surface area is 132 Å². The van der Waals surface area contributed by atoms with Crippen LogP contribution in [-0.2, 0) is 6.54 Å². The molecule has 0 saturated heterocycles. The summed E-state index contributed by atoms with van der Waals surface area (Å²) in [7, 11) is 0. The molecule has 1 aromatic heterocycles. The Balaban J connectivity index is 1.83. The number of hydrogen-bond donors (Lipinski definition) is 1. The van der Waals surface area contributed by atoms with Crippen LogP contribution < -0.4 is 5.32 Å². The van der Waals surface area contributed by atoms with Gasteiger partial charge in [-0.2, -0.15) is 0 Å². The highest BCUT2D eigenvalue weighted by molar-refractivity contribution is 5.81. The van der Waals surface area contributed by atoms with Crippen LogP contribution in [0.2, 0.25) is 0 Å². The molecular formula is C20H22N2. The minimum atomic E-state index is 0.347. The zero-order valence-electron chi connectivity index (χ0n) is 13.2. The van der Waals surface area contributed by atoms with Crippen LogP contribution in [0.15, 0.2) is 66.9 Å². The fourth-order valence-corrected chi connectivity index (χ4v) is 2.93. The smallest absolute Gasteiger partial charge is 0.0746 e. The molecule has 0 saturated carbocycles. The number of para-hydroxylation sites is 1. The molecule has 0 radical (unpaired) electrons. The molecule has 1 heterocycles. The van der Waals surface area contributed by atoms with Crippen molar-refractivity contribution in [2.75, 3.05) is 0 Å². The van der Waals surface area contributed by atoms with E-state index in [0.29, 0.717) is 12.0 Å². The number of rotatable bonds is 5. The first kappa shape index (κ1) is 14.7. The maximum Gasteiger partial charge on any atom is 0.0746 e. The third-order valence-corrected chi connectivity index (χ3v) is 4.05. The summed E-state index contributed by atoms with van der Waals surface area (Å²) >= 11 is 0. The number of hydrogen-bond acceptors (Lipinski definition) is 2. The number of pyridine rings is 1. The van der Waals surface area contributed by atoms with Crippen LogP contribution in [-0.4, -0.2) is 4.98 Å². The van der Waals surface area contributed by atoms with Crippen LogP contribution in [0.5, 0.6) is 0 Å². The lowest BCUT2D eigenvalue weighted by atomic mass is 9.95. The average Bonchev–Trinajstić information content (AvgIpc) is 2.56. The zero-order chi connectivity index (χ0) is 15.4. The van der Waals surface area contributed by atoms with Crippen molar-refractivity contribution in [1.82, 2.24) is 10.3 Å². The molecule has 2 heteroatoms. The van der Waals surface area contributed by atoms with E-state index < -0.39 is 0 Å². The van der Waals surface area contributed by atoms with Crippen molar-refractivity contribution in [2.45, 2.75) is 26.4 Å². The normalized spacial score (nSPS) is 12.7. The molecule has 0 amide bonds. The maximum absolute atomic E-state index is 4.54. The lowest BCUT2D eigenvalue weighted by Crippen LogP contribution is -2.25. The topological polar surface area (TPSA) is 24.9 Å². The Morgan fingerprint density at radius 3 is 2.45 bits per heavy atom. The Morgan fingerprint density at radius 2 is 1.68 bits per heavy atom. The highest BCUT2D eigenvalue weighted by atomic mass is 14.9. The molecule has 3 rings (SSSR count). The fraction of sp³-hybridized carbons (Fsp3) is 0.250. The van der Waals surface area contributed by atoms with Gasteiger partial charge in [-0.15, -0.1) is 0 Å². The highest BCUT2D eigenvalue weighted by Crippen LogP contribution is 2.23. The summed E-state index contributed by atoms with van der Waals surface area (Å²) in [5.74, 6) is 0.533. The van der Waals surface area contributed by atoms with Crippen LogP contribution in [0.25, 0.3) is 10.9 Å². The maximum atomic E-state index is 4.54. The summed E-state index contributed by atoms with van der Waals surface area (Å²) in [6, 6.07) is 21.5. The van der Waals surface area contributed by atoms with Crippen molar-refractivity contribution in [2.24, 2.45) is 5.92 Å². The number of aromatic nitrogens is 1. The van der Waals surface area contributed by atoms with Gasteiger partial charge in [0, 0.05) is 24.2 Å². The van der Waals surface area contributed by atoms with Crippen LogP contribution in [0, 0.1) is 5.92 Å². The summed E-state index contributed by atoms with van der Waals surface area (Å²) in [6.07, 6.45) is 1.86. The zero-order valence-corrected chi connectivity index (χ0v) is 13.2. The largest absolute Gasteiger partial charge is 0.306 e. The van der Waals surface area contributed by atoms with Crippen LogP contribution in [0.4, 0.5) is 0 Å². The van der Waals surface area contributed by atoms with E-state index >= 15 is 0 Å². The Bertz CT molecular complexity index is 730. The first-order valence-electron chi connectivity index (χ1n) is 7.86. The van der Waals surface area contributed by atoms with Crippen molar-refractivity contribution < 1.29 is 0 Å². The highest BCUT2D eigenvalue weighted by Gasteiger charge is 2.15. The van der Waals surface area contributed by atoms with Crippen molar-refractivity contribution in [1.29, 1.82) is 0 Å². The fourth-order valence-electron chi connectivity index (χ4n) is 2.93. The Morgan fingerprint density at radius 1 is 0.909 bits per heavy atom. The van der Waals surface area contributed by atoms with Gasteiger partial charge in [-0.1, -0.05) is 68.4 Å². The van der Waals surface area contributed by atoms with E-state index in [-0.39, 0.29) is 0 Å². The molecule has 2 aromatic carbocycles. The first-order chi connectivity index (χ1) is 10.8. The predicted octanol–water partition coefficient (Wildman–Crippen LogP) is 4.72. The summed E-state index contributed by atoms with van der Waals surface area (Å²) < 4.78 is 0. The van der Waals surface area contributed by atoms with Gasteiger partial charge in [0.05, 0.1) is 5.52 Å². The number of nitrogens with one attached hydrogen (secondary N) is 1. The minimum absolute atomic E-state index is 0.347. The quantitative estimate of drug-likeness (QED) is 0.735. The third kappa shape index (κ3) is 3.18. The molecular weight excluding hydrogens is 268 g/mol. The van der Waals surface area contributed by atoms with E-state index in [1.165, 1.54) is 16.5 Å². The number of benzene rings is 2. The summed E-state index contributed by atoms with van der Waals surface area (Å²) in [6.45, 7) is 5.34. The van der Waals surface area contributed by atoms with Gasteiger partial charge >= 0.3 is 0 Å². The monoisotopic (exact) mass is 290 g/mol. The second-order valence-electron chi connectivity index (χ2n) is 6.01. The van der Waals surface area contributed by atoms with Crippen LogP contribution in [0.3, 0.4) is 0 Å². The standard InChI is InChI=1S/C20H22N2/c1-15(2)19(16-8-4-3-5-9-16)22-14-18-11-6-10-17-12-7-13-21-20(17)18/h3-13,15,19,22H,14H2,1-2H3/t19-/m1/s1. The van der Waals surface area contributed by atoms with Gasteiger partial charge in [-0.25, -0.2) is 0 Å². The van der Waals surface area contributed by atoms with Gasteiger partial charge in [-0.3, -0.25) is 4.98 Å². The molecule has 0 spiro atoms. The second kappa shape index (κ2) is 6.71. The molecule has 0 unspecified atom stereocenters. The van der Waals surface area contributed by atoms with Gasteiger partial charge in [0.2, 0.25) is 0 Å². The number of nitrogens with zero attached hydrogens (tertiary/aromatic N) is 1. The lowest BCUT2D eigenvalue weighted by molar-refractivity contribution is 0.411. The van der Waals surface area contributed by atoms with Crippen LogP contribution in [0.1, 0.15) is 31.0 Å². The third-order valence-electron chi connectivity index (χ3n) is 4.05. The van der Waals surface area contributed by atoms with E-state index in [4.69, 9.17) is 0 Å². The number of fused-ring (bicyclic) bond motifs is 1. The van der Waals surface area contributed by atoms with E-state index in [1.807, 2.05) is 12.3 Å². The summed E-state index contributed by atoms with van der Waals surface area (Å²) in [4.78, 5) is 4.54. The van der Waals surface area contributed by atoms with Gasteiger partial charge in [0.1, 0.15) is 0 Å². The van der Waals surface area contributed by atoms with E-state index in [2.05, 4.69) is 78.7 Å². The molecule has 1 atom stereocenters. The molecule has 112 valence electrons. The Kier molecular flexibility index (Phi) is 4.50. The van der Waals surface area contributed by atoms with Gasteiger partial charge in [-0.05, 0) is 23.1 Å². The molecule has 0 fully saturated rings. The van der Waals surface area contributed by atoms with E-state index in [0.717, 1.165) is 12.1 Å². The summed E-state index contributed by atoms with van der Waals surface area (Å²) in [5, 5.41) is 4.90. The lowest BCUT2D eigenvalue weighted by Gasteiger charge is -2.23. The molecule has 1 N–H and O–H groups in total. The van der Waals surface area contributed by atoms with Gasteiger partial charge in [0.25, 0.3) is 0 Å². The van der Waals surface area contributed by atoms with Crippen LogP contribution >= 0.6 is 0 Å². The molecule has 0 aliphatic heterocycles. The second-order valence-corrected chi connectivity index (χ2v) is 6.01. The minimum Gasteiger partial charge on any atom is -0.306 e. The SMILES string of the molecule is CC(C)[C@@H](NCc1cccc2cccnc12)c1ccccc1. The molecule has 0 aliphatic carbocycles. The van der Waals surface area contributed by atoms with Crippen molar-refractivity contribution in [3.63, 3.8) is 0 Å². The molecule has 3 aromatic rings. The molecule has 22 heavy (non-hydrogen) atoms.